The lowest BCUT2D eigenvalue weighted by molar-refractivity contribution is -0.137. The zero-order valence-corrected chi connectivity index (χ0v) is 25.1. The fraction of sp³-hybridized carbons (Fsp3) is 0.714. The average Bonchev–Trinajstić information content (AvgIpc) is 3.37. The summed E-state index contributed by atoms with van der Waals surface area (Å²) in [7, 11) is 1.45. The predicted octanol–water partition coefficient (Wildman–Crippen LogP) is 1.60. The molecule has 39 heavy (non-hydrogen) atoms. The number of aryl methyl sites for hydroxylation is 2. The van der Waals surface area contributed by atoms with E-state index < -0.39 is 10.0 Å². The van der Waals surface area contributed by atoms with Crippen LogP contribution in [0.25, 0.3) is 0 Å². The van der Waals surface area contributed by atoms with E-state index in [0.29, 0.717) is 43.1 Å². The van der Waals surface area contributed by atoms with Crippen LogP contribution in [0.15, 0.2) is 17.0 Å². The van der Waals surface area contributed by atoms with Gasteiger partial charge in [-0.2, -0.15) is 4.31 Å². The Bertz CT molecular complexity index is 1160. The second-order valence-corrected chi connectivity index (χ2v) is 13.9. The molecule has 0 unspecified atom stereocenters. The van der Waals surface area contributed by atoms with Crippen LogP contribution in [0.5, 0.6) is 5.75 Å². The summed E-state index contributed by atoms with van der Waals surface area (Å²) in [5.74, 6) is 1.19. The molecule has 3 aliphatic rings. The number of piperidine rings is 1. The SMILES string of the molecule is COc1cc(C)c(S(=O)(=O)N(C)CCOCC(=O)N2C[C@H]3CN(C(=O)C4CCN(C)CC4)C[C@@]3(C)C2)c(C)c1. The van der Waals surface area contributed by atoms with Crippen molar-refractivity contribution in [2.24, 2.45) is 17.3 Å². The van der Waals surface area contributed by atoms with Gasteiger partial charge < -0.3 is 24.2 Å². The normalized spacial score (nSPS) is 24.4. The van der Waals surface area contributed by atoms with Gasteiger partial charge in [-0.3, -0.25) is 9.59 Å². The van der Waals surface area contributed by atoms with E-state index in [1.165, 1.54) is 11.4 Å². The van der Waals surface area contributed by atoms with E-state index in [4.69, 9.17) is 9.47 Å². The number of likely N-dealkylation sites (N-methyl/N-ethyl adjacent to an activating group) is 1. The zero-order valence-electron chi connectivity index (χ0n) is 24.2. The highest BCUT2D eigenvalue weighted by Crippen LogP contribution is 2.43. The third-order valence-electron chi connectivity index (χ3n) is 8.82. The number of benzene rings is 1. The van der Waals surface area contributed by atoms with Crippen molar-refractivity contribution in [1.29, 1.82) is 0 Å². The number of nitrogens with zero attached hydrogens (tertiary/aromatic N) is 4. The number of likely N-dealkylation sites (tertiary alicyclic amines) is 3. The van der Waals surface area contributed by atoms with Crippen LogP contribution in [0.4, 0.5) is 0 Å². The number of fused-ring (bicyclic) bond motifs is 1. The average molecular weight is 565 g/mol. The van der Waals surface area contributed by atoms with Crippen molar-refractivity contribution in [3.05, 3.63) is 23.3 Å². The van der Waals surface area contributed by atoms with Crippen LogP contribution in [0.3, 0.4) is 0 Å². The fourth-order valence-corrected chi connectivity index (χ4v) is 7.92. The summed E-state index contributed by atoms with van der Waals surface area (Å²) in [6.07, 6.45) is 1.84. The first-order chi connectivity index (χ1) is 18.4. The third kappa shape index (κ3) is 6.26. The van der Waals surface area contributed by atoms with E-state index in [2.05, 4.69) is 18.9 Å². The molecule has 3 saturated heterocycles. The highest BCUT2D eigenvalue weighted by molar-refractivity contribution is 7.89. The van der Waals surface area contributed by atoms with Gasteiger partial charge in [0.25, 0.3) is 0 Å². The van der Waals surface area contributed by atoms with Gasteiger partial charge in [-0.1, -0.05) is 6.92 Å². The van der Waals surface area contributed by atoms with E-state index in [0.717, 1.165) is 25.9 Å². The quantitative estimate of drug-likeness (QED) is 0.420. The molecule has 0 N–H and O–H groups in total. The van der Waals surface area contributed by atoms with Crippen LogP contribution in [0.2, 0.25) is 0 Å². The highest BCUT2D eigenvalue weighted by Gasteiger charge is 2.52. The molecule has 10 nitrogen and oxygen atoms in total. The van der Waals surface area contributed by atoms with E-state index in [1.54, 1.807) is 33.1 Å². The van der Waals surface area contributed by atoms with Crippen LogP contribution >= 0.6 is 0 Å². The largest absolute Gasteiger partial charge is 0.497 e. The smallest absolute Gasteiger partial charge is 0.248 e. The van der Waals surface area contributed by atoms with Crippen molar-refractivity contribution in [2.45, 2.75) is 38.5 Å². The van der Waals surface area contributed by atoms with Gasteiger partial charge in [-0.05, 0) is 70.1 Å². The number of carbonyl (C=O) groups is 2. The number of hydrogen-bond acceptors (Lipinski definition) is 7. The highest BCUT2D eigenvalue weighted by atomic mass is 32.2. The maximum absolute atomic E-state index is 13.2. The van der Waals surface area contributed by atoms with Gasteiger partial charge in [0, 0.05) is 57.0 Å². The molecule has 2 atom stereocenters. The minimum atomic E-state index is -3.72. The molecular weight excluding hydrogens is 520 g/mol. The van der Waals surface area contributed by atoms with Gasteiger partial charge >= 0.3 is 0 Å². The van der Waals surface area contributed by atoms with E-state index in [9.17, 15) is 18.0 Å². The fourth-order valence-electron chi connectivity index (χ4n) is 6.37. The number of ether oxygens (including phenoxy) is 2. The second kappa shape index (κ2) is 11.7. The van der Waals surface area contributed by atoms with Crippen LogP contribution < -0.4 is 4.74 Å². The minimum absolute atomic E-state index is 0.0878. The van der Waals surface area contributed by atoms with Crippen molar-refractivity contribution in [3.63, 3.8) is 0 Å². The first-order valence-corrected chi connectivity index (χ1v) is 15.2. The molecule has 0 spiro atoms. The van der Waals surface area contributed by atoms with E-state index >= 15 is 0 Å². The summed E-state index contributed by atoms with van der Waals surface area (Å²) in [4.78, 5) is 32.4. The van der Waals surface area contributed by atoms with Crippen LogP contribution in [0.1, 0.15) is 30.9 Å². The zero-order chi connectivity index (χ0) is 28.5. The Balaban J connectivity index is 1.23. The molecule has 0 aromatic heterocycles. The van der Waals surface area contributed by atoms with Crippen molar-refractivity contribution in [1.82, 2.24) is 19.0 Å². The molecule has 1 aromatic carbocycles. The van der Waals surface area contributed by atoms with Crippen molar-refractivity contribution < 1.29 is 27.5 Å². The maximum atomic E-state index is 13.2. The topological polar surface area (TPSA) is 99.7 Å². The summed E-state index contributed by atoms with van der Waals surface area (Å²) in [6.45, 7) is 10.4. The van der Waals surface area contributed by atoms with Gasteiger partial charge in [0.05, 0.1) is 18.6 Å². The Kier molecular flexibility index (Phi) is 8.95. The van der Waals surface area contributed by atoms with Crippen LogP contribution in [0, 0.1) is 31.1 Å². The standard InChI is InChI=1S/C28H44N4O6S/c1-20-13-24(37-6)14-21(2)26(20)39(35,36)30(5)11-12-38-17-25(33)31-15-23-16-32(19-28(23,3)18-31)27(34)22-7-9-29(4)10-8-22/h13-14,22-23H,7-12,15-19H2,1-6H3/t23-,28+/m0/s1. The Morgan fingerprint density at radius 2 is 1.67 bits per heavy atom. The maximum Gasteiger partial charge on any atom is 0.248 e. The van der Waals surface area contributed by atoms with Gasteiger partial charge in [-0.25, -0.2) is 8.42 Å². The van der Waals surface area contributed by atoms with Gasteiger partial charge in [-0.15, -0.1) is 0 Å². The summed E-state index contributed by atoms with van der Waals surface area (Å²) < 4.78 is 38.5. The number of methoxy groups -OCH3 is 1. The number of hydrogen-bond donors (Lipinski definition) is 0. The Labute approximate surface area is 233 Å². The Morgan fingerprint density at radius 3 is 2.26 bits per heavy atom. The summed E-state index contributed by atoms with van der Waals surface area (Å²) in [6, 6.07) is 3.41. The molecule has 3 heterocycles. The Hall–Kier alpha value is -2.21. The molecule has 4 rings (SSSR count). The molecule has 0 saturated carbocycles. The van der Waals surface area contributed by atoms with Gasteiger partial charge in [0.15, 0.2) is 0 Å². The summed E-state index contributed by atoms with van der Waals surface area (Å²) in [5.41, 5.74) is 1.14. The Morgan fingerprint density at radius 1 is 1.08 bits per heavy atom. The van der Waals surface area contributed by atoms with Crippen LogP contribution in [-0.4, -0.2) is 119 Å². The molecule has 0 aliphatic carbocycles. The number of carbonyl (C=O) groups excluding carboxylic acids is 2. The van der Waals surface area contributed by atoms with Crippen LogP contribution in [-0.2, 0) is 24.3 Å². The first-order valence-electron chi connectivity index (χ1n) is 13.8. The number of rotatable bonds is 9. The monoisotopic (exact) mass is 564 g/mol. The van der Waals surface area contributed by atoms with E-state index in [-0.39, 0.29) is 53.7 Å². The molecule has 2 amide bonds. The summed E-state index contributed by atoms with van der Waals surface area (Å²) >= 11 is 0. The third-order valence-corrected chi connectivity index (χ3v) is 11.0. The van der Waals surface area contributed by atoms with Crippen molar-refractivity contribution in [3.8, 4) is 5.75 Å². The lowest BCUT2D eigenvalue weighted by atomic mass is 9.83. The van der Waals surface area contributed by atoms with E-state index in [1.807, 2.05) is 9.80 Å². The second-order valence-electron chi connectivity index (χ2n) is 11.9. The first kappa shape index (κ1) is 29.8. The van der Waals surface area contributed by atoms with Crippen molar-refractivity contribution in [2.75, 3.05) is 80.2 Å². The molecule has 3 fully saturated rings. The minimum Gasteiger partial charge on any atom is -0.497 e. The predicted molar refractivity (Wildman–Crippen MR) is 148 cm³/mol. The molecule has 218 valence electrons. The number of sulfonamides is 1. The lowest BCUT2D eigenvalue weighted by Crippen LogP contribution is -2.43. The van der Waals surface area contributed by atoms with Gasteiger partial charge in [0.2, 0.25) is 21.8 Å². The summed E-state index contributed by atoms with van der Waals surface area (Å²) in [5, 5.41) is 0. The molecule has 11 heteroatoms. The molecule has 0 bridgehead atoms. The number of amides is 2. The molecule has 3 aliphatic heterocycles. The molecule has 1 aromatic rings. The lowest BCUT2D eigenvalue weighted by Gasteiger charge is -2.32. The molecular formula is C28H44N4O6S. The van der Waals surface area contributed by atoms with Crippen molar-refractivity contribution >= 4 is 21.8 Å². The van der Waals surface area contributed by atoms with Gasteiger partial charge in [0.1, 0.15) is 12.4 Å². The molecule has 0 radical (unpaired) electrons.